The fourth-order valence-electron chi connectivity index (χ4n) is 2.89. The van der Waals surface area contributed by atoms with Crippen LogP contribution in [0.15, 0.2) is 23.8 Å². The molecule has 0 saturated carbocycles. The first-order valence-electron chi connectivity index (χ1n) is 7.90. The highest BCUT2D eigenvalue weighted by molar-refractivity contribution is 6.16. The second kappa shape index (κ2) is 6.60. The molecule has 2 aliphatic heterocycles. The van der Waals surface area contributed by atoms with Gasteiger partial charge in [-0.15, -0.1) is 0 Å². The van der Waals surface area contributed by atoms with Gasteiger partial charge in [0.2, 0.25) is 0 Å². The van der Waals surface area contributed by atoms with E-state index in [1.165, 1.54) is 18.9 Å². The number of methoxy groups -OCH3 is 1. The number of hydrazine groups is 1. The number of carbonyl (C=O) groups excluding carboxylic acids is 2. The first kappa shape index (κ1) is 18.2. The summed E-state index contributed by atoms with van der Waals surface area (Å²) < 4.78 is 45.2. The SMILES string of the molecule is CO[C@@H]1CCN(c2nc(NN3C(=O)C=C(C)C3=O)ccc2C(F)(F)F)C1. The number of hydrogen-bond acceptors (Lipinski definition) is 6. The van der Waals surface area contributed by atoms with Crippen LogP contribution in [0.5, 0.6) is 0 Å². The van der Waals surface area contributed by atoms with Crippen molar-refractivity contribution in [2.45, 2.75) is 25.6 Å². The summed E-state index contributed by atoms with van der Waals surface area (Å²) in [5.41, 5.74) is 1.84. The van der Waals surface area contributed by atoms with Crippen LogP contribution in [0.1, 0.15) is 18.9 Å². The Balaban J connectivity index is 1.90. The summed E-state index contributed by atoms with van der Waals surface area (Å²) in [4.78, 5) is 29.2. The average Bonchev–Trinajstić information content (AvgIpc) is 3.14. The maximum atomic E-state index is 13.3. The van der Waals surface area contributed by atoms with Crippen LogP contribution in [0.25, 0.3) is 0 Å². The maximum Gasteiger partial charge on any atom is 0.419 e. The third-order valence-corrected chi connectivity index (χ3v) is 4.29. The van der Waals surface area contributed by atoms with Gasteiger partial charge < -0.3 is 9.64 Å². The quantitative estimate of drug-likeness (QED) is 0.817. The highest BCUT2D eigenvalue weighted by Crippen LogP contribution is 2.37. The number of nitrogens with zero attached hydrogens (tertiary/aromatic N) is 3. The summed E-state index contributed by atoms with van der Waals surface area (Å²) in [6.07, 6.45) is -3.03. The molecular formula is C16H17F3N4O3. The number of nitrogens with one attached hydrogen (secondary N) is 1. The summed E-state index contributed by atoms with van der Waals surface area (Å²) in [6.45, 7) is 2.11. The normalized spacial score (nSPS) is 20.8. The third-order valence-electron chi connectivity index (χ3n) is 4.29. The molecule has 1 atom stereocenters. The molecule has 0 aliphatic carbocycles. The van der Waals surface area contributed by atoms with Crippen molar-refractivity contribution in [3.05, 3.63) is 29.3 Å². The van der Waals surface area contributed by atoms with Crippen molar-refractivity contribution in [1.82, 2.24) is 9.99 Å². The molecule has 3 rings (SSSR count). The van der Waals surface area contributed by atoms with E-state index >= 15 is 0 Å². The predicted octanol–water partition coefficient (Wildman–Crippen LogP) is 1.97. The van der Waals surface area contributed by atoms with E-state index in [0.29, 0.717) is 13.0 Å². The molecule has 0 aromatic carbocycles. The summed E-state index contributed by atoms with van der Waals surface area (Å²) in [5, 5.41) is 0.719. The summed E-state index contributed by atoms with van der Waals surface area (Å²) in [6, 6.07) is 1.97. The molecule has 2 amide bonds. The van der Waals surface area contributed by atoms with Crippen molar-refractivity contribution < 1.29 is 27.5 Å². The second-order valence-electron chi connectivity index (χ2n) is 6.08. The van der Waals surface area contributed by atoms with Crippen LogP contribution in [0.3, 0.4) is 0 Å². The minimum absolute atomic E-state index is 0.0290. The van der Waals surface area contributed by atoms with Gasteiger partial charge in [0.05, 0.1) is 11.7 Å². The van der Waals surface area contributed by atoms with Gasteiger partial charge >= 0.3 is 6.18 Å². The molecule has 7 nitrogen and oxygen atoms in total. The number of carbonyl (C=O) groups is 2. The van der Waals surface area contributed by atoms with E-state index in [1.54, 1.807) is 0 Å². The molecule has 1 N–H and O–H groups in total. The number of amides is 2. The first-order chi connectivity index (χ1) is 12.2. The lowest BCUT2D eigenvalue weighted by Gasteiger charge is -2.24. The summed E-state index contributed by atoms with van der Waals surface area (Å²) in [7, 11) is 1.50. The van der Waals surface area contributed by atoms with Gasteiger partial charge in [-0.05, 0) is 25.5 Å². The number of hydrogen-bond donors (Lipinski definition) is 1. The molecule has 3 heterocycles. The zero-order valence-corrected chi connectivity index (χ0v) is 14.1. The smallest absolute Gasteiger partial charge is 0.380 e. The minimum Gasteiger partial charge on any atom is -0.380 e. The van der Waals surface area contributed by atoms with Crippen molar-refractivity contribution in [3.8, 4) is 0 Å². The Morgan fingerprint density at radius 1 is 1.31 bits per heavy atom. The van der Waals surface area contributed by atoms with Crippen LogP contribution >= 0.6 is 0 Å². The van der Waals surface area contributed by atoms with Gasteiger partial charge in [0.15, 0.2) is 0 Å². The van der Waals surface area contributed by atoms with Gasteiger partial charge in [-0.1, -0.05) is 0 Å². The van der Waals surface area contributed by atoms with Gasteiger partial charge in [-0.2, -0.15) is 18.2 Å². The Morgan fingerprint density at radius 2 is 2.04 bits per heavy atom. The van der Waals surface area contributed by atoms with Gasteiger partial charge in [-0.25, -0.2) is 4.98 Å². The predicted molar refractivity (Wildman–Crippen MR) is 86.1 cm³/mol. The zero-order chi connectivity index (χ0) is 19.1. The molecule has 0 spiro atoms. The molecule has 1 aromatic heterocycles. The molecule has 0 radical (unpaired) electrons. The number of anilines is 2. The van der Waals surface area contributed by atoms with Crippen LogP contribution in [0.4, 0.5) is 24.8 Å². The van der Waals surface area contributed by atoms with Crippen LogP contribution in [0, 0.1) is 0 Å². The molecule has 0 unspecified atom stereocenters. The molecule has 1 aromatic rings. The Morgan fingerprint density at radius 3 is 2.58 bits per heavy atom. The Labute approximate surface area is 147 Å². The molecular weight excluding hydrogens is 353 g/mol. The molecule has 26 heavy (non-hydrogen) atoms. The topological polar surface area (TPSA) is 74.8 Å². The fraction of sp³-hybridized carbons (Fsp3) is 0.438. The Kier molecular flexibility index (Phi) is 4.61. The number of rotatable bonds is 4. The van der Waals surface area contributed by atoms with Gasteiger partial charge in [0.1, 0.15) is 11.6 Å². The molecule has 10 heteroatoms. The van der Waals surface area contributed by atoms with Crippen LogP contribution < -0.4 is 10.3 Å². The largest absolute Gasteiger partial charge is 0.419 e. The number of alkyl halides is 3. The average molecular weight is 370 g/mol. The van der Waals surface area contributed by atoms with Crippen LogP contribution in [0.2, 0.25) is 0 Å². The van der Waals surface area contributed by atoms with E-state index in [2.05, 4.69) is 10.4 Å². The molecule has 0 bridgehead atoms. The van der Waals surface area contributed by atoms with E-state index in [1.807, 2.05) is 0 Å². The number of ether oxygens (including phenoxy) is 1. The number of aromatic nitrogens is 1. The van der Waals surface area contributed by atoms with E-state index in [-0.39, 0.29) is 29.9 Å². The van der Waals surface area contributed by atoms with E-state index in [0.717, 1.165) is 23.2 Å². The van der Waals surface area contributed by atoms with Crippen LogP contribution in [-0.2, 0) is 20.5 Å². The van der Waals surface area contributed by atoms with E-state index in [9.17, 15) is 22.8 Å². The van der Waals surface area contributed by atoms with Crippen molar-refractivity contribution in [3.63, 3.8) is 0 Å². The Hall–Kier alpha value is -2.62. The highest BCUT2D eigenvalue weighted by Gasteiger charge is 2.38. The molecule has 1 fully saturated rings. The van der Waals surface area contributed by atoms with E-state index < -0.39 is 23.6 Å². The van der Waals surface area contributed by atoms with Crippen LogP contribution in [-0.4, -0.2) is 48.1 Å². The van der Waals surface area contributed by atoms with Gasteiger partial charge in [0, 0.05) is 31.8 Å². The highest BCUT2D eigenvalue weighted by atomic mass is 19.4. The maximum absolute atomic E-state index is 13.3. The molecule has 2 aliphatic rings. The van der Waals surface area contributed by atoms with Crippen molar-refractivity contribution in [1.29, 1.82) is 0 Å². The second-order valence-corrected chi connectivity index (χ2v) is 6.08. The molecule has 140 valence electrons. The zero-order valence-electron chi connectivity index (χ0n) is 14.1. The van der Waals surface area contributed by atoms with Crippen molar-refractivity contribution >= 4 is 23.5 Å². The summed E-state index contributed by atoms with van der Waals surface area (Å²) in [5.74, 6) is -1.46. The van der Waals surface area contributed by atoms with Crippen molar-refractivity contribution in [2.24, 2.45) is 0 Å². The summed E-state index contributed by atoms with van der Waals surface area (Å²) >= 11 is 0. The standard InChI is InChI=1S/C16H17F3N4O3/c1-9-7-13(24)23(15(9)25)21-12-4-3-11(16(17,18)19)14(20-12)22-6-5-10(8-22)26-2/h3-4,7,10H,5-6,8H2,1-2H3,(H,20,21)/t10-/m1/s1. The van der Waals surface area contributed by atoms with E-state index in [4.69, 9.17) is 4.74 Å². The lowest BCUT2D eigenvalue weighted by molar-refractivity contribution is -0.138. The minimum atomic E-state index is -4.58. The van der Waals surface area contributed by atoms with Crippen molar-refractivity contribution in [2.75, 3.05) is 30.5 Å². The number of halogens is 3. The molecule has 1 saturated heterocycles. The number of pyridine rings is 1. The lowest BCUT2D eigenvalue weighted by atomic mass is 10.2. The first-order valence-corrected chi connectivity index (χ1v) is 7.90. The third kappa shape index (κ3) is 3.36. The fourth-order valence-corrected chi connectivity index (χ4v) is 2.89. The van der Waals surface area contributed by atoms with Gasteiger partial charge in [-0.3, -0.25) is 15.0 Å². The van der Waals surface area contributed by atoms with Gasteiger partial charge in [0.25, 0.3) is 11.8 Å². The Bertz CT molecular complexity index is 778. The lowest BCUT2D eigenvalue weighted by Crippen LogP contribution is -2.37. The monoisotopic (exact) mass is 370 g/mol. The number of imide groups is 1.